The van der Waals surface area contributed by atoms with Gasteiger partial charge in [0.05, 0.1) is 5.69 Å². The first-order valence-corrected chi connectivity index (χ1v) is 5.68. The summed E-state index contributed by atoms with van der Waals surface area (Å²) in [6.07, 6.45) is 0. The van der Waals surface area contributed by atoms with E-state index in [2.05, 4.69) is 0 Å². The lowest BCUT2D eigenvalue weighted by atomic mass is 9.89. The molecular formula is C13H19NO3. The highest BCUT2D eigenvalue weighted by Gasteiger charge is 2.34. The van der Waals surface area contributed by atoms with Crippen molar-refractivity contribution >= 4 is 11.8 Å². The fourth-order valence-corrected chi connectivity index (χ4v) is 2.11. The first-order chi connectivity index (χ1) is 7.73. The monoisotopic (exact) mass is 237 g/mol. The average molecular weight is 237 g/mol. The molecule has 1 heterocycles. The lowest BCUT2D eigenvalue weighted by Gasteiger charge is -2.22. The molecule has 0 aliphatic carbocycles. The minimum atomic E-state index is -0.992. The van der Waals surface area contributed by atoms with Crippen LogP contribution < -0.4 is 0 Å². The highest BCUT2D eigenvalue weighted by molar-refractivity contribution is 5.94. The largest absolute Gasteiger partial charge is 0.481 e. The lowest BCUT2D eigenvalue weighted by Crippen LogP contribution is -2.31. The Balaban J connectivity index is 3.52. The third-order valence-corrected chi connectivity index (χ3v) is 3.11. The van der Waals surface area contributed by atoms with E-state index in [-0.39, 0.29) is 5.78 Å². The molecular weight excluding hydrogens is 218 g/mol. The topological polar surface area (TPSA) is 59.3 Å². The Labute approximate surface area is 101 Å². The van der Waals surface area contributed by atoms with Crippen molar-refractivity contribution in [2.24, 2.45) is 0 Å². The number of aliphatic carboxylic acids is 1. The van der Waals surface area contributed by atoms with Crippen LogP contribution in [-0.2, 0) is 16.8 Å². The van der Waals surface area contributed by atoms with E-state index in [1.807, 2.05) is 13.8 Å². The number of aromatic nitrogens is 1. The minimum absolute atomic E-state index is 0.0308. The van der Waals surface area contributed by atoms with Crippen LogP contribution in [0.5, 0.6) is 0 Å². The number of nitrogens with zero attached hydrogens (tertiary/aromatic N) is 1. The number of carboxylic acids is 1. The van der Waals surface area contributed by atoms with Crippen LogP contribution in [0.1, 0.15) is 49.4 Å². The summed E-state index contributed by atoms with van der Waals surface area (Å²) >= 11 is 0. The summed E-state index contributed by atoms with van der Waals surface area (Å²) < 4.78 is 1.80. The van der Waals surface area contributed by atoms with Crippen molar-refractivity contribution in [1.29, 1.82) is 0 Å². The van der Waals surface area contributed by atoms with Gasteiger partial charge in [-0.2, -0.15) is 0 Å². The molecule has 0 aromatic carbocycles. The molecule has 1 aromatic rings. The zero-order valence-electron chi connectivity index (χ0n) is 11.0. The van der Waals surface area contributed by atoms with E-state index in [1.54, 1.807) is 24.5 Å². The third kappa shape index (κ3) is 2.12. The first-order valence-electron chi connectivity index (χ1n) is 5.68. The first kappa shape index (κ1) is 13.5. The summed E-state index contributed by atoms with van der Waals surface area (Å²) in [4.78, 5) is 22.9. The summed E-state index contributed by atoms with van der Waals surface area (Å²) in [5.74, 6) is -0.920. The molecule has 4 heteroatoms. The molecule has 0 spiro atoms. The van der Waals surface area contributed by atoms with E-state index in [4.69, 9.17) is 0 Å². The zero-order valence-corrected chi connectivity index (χ0v) is 11.0. The summed E-state index contributed by atoms with van der Waals surface area (Å²) in [5.41, 5.74) is 1.13. The van der Waals surface area contributed by atoms with Crippen LogP contribution in [0.2, 0.25) is 0 Å². The van der Waals surface area contributed by atoms with Gasteiger partial charge in [0.25, 0.3) is 0 Å². The van der Waals surface area contributed by atoms with Crippen LogP contribution in [0.3, 0.4) is 0 Å². The van der Waals surface area contributed by atoms with Gasteiger partial charge >= 0.3 is 5.97 Å². The molecule has 4 nitrogen and oxygen atoms in total. The minimum Gasteiger partial charge on any atom is -0.481 e. The van der Waals surface area contributed by atoms with Crippen LogP contribution in [0.25, 0.3) is 0 Å². The van der Waals surface area contributed by atoms with Gasteiger partial charge in [-0.25, -0.2) is 0 Å². The van der Waals surface area contributed by atoms with Gasteiger partial charge in [0.1, 0.15) is 5.41 Å². The lowest BCUT2D eigenvalue weighted by molar-refractivity contribution is -0.142. The van der Waals surface area contributed by atoms with Gasteiger partial charge in [0.15, 0.2) is 5.78 Å². The van der Waals surface area contributed by atoms with Crippen molar-refractivity contribution in [3.63, 3.8) is 0 Å². The number of carbonyl (C=O) groups excluding carboxylic acids is 1. The number of hydrogen-bond donors (Lipinski definition) is 1. The molecule has 1 N–H and O–H groups in total. The van der Waals surface area contributed by atoms with E-state index in [0.717, 1.165) is 5.56 Å². The molecule has 1 aromatic heterocycles. The van der Waals surface area contributed by atoms with Crippen LogP contribution in [0, 0.1) is 6.92 Å². The molecule has 17 heavy (non-hydrogen) atoms. The second kappa shape index (κ2) is 4.35. The molecule has 0 unspecified atom stereocenters. The highest BCUT2D eigenvalue weighted by Crippen LogP contribution is 2.28. The normalized spacial score (nSPS) is 11.6. The van der Waals surface area contributed by atoms with Crippen LogP contribution >= 0.6 is 0 Å². The molecule has 0 aliphatic heterocycles. The summed E-state index contributed by atoms with van der Waals surface area (Å²) in [7, 11) is 0. The Morgan fingerprint density at radius 1 is 1.41 bits per heavy atom. The molecule has 1 rings (SSSR count). The van der Waals surface area contributed by atoms with Crippen LogP contribution in [-0.4, -0.2) is 21.4 Å². The third-order valence-electron chi connectivity index (χ3n) is 3.11. The Morgan fingerprint density at radius 3 is 2.29 bits per heavy atom. The van der Waals surface area contributed by atoms with E-state index in [1.165, 1.54) is 6.92 Å². The SMILES string of the molecule is CCn1c(C(C)(C)C(=O)O)cc(C)c1C(C)=O. The van der Waals surface area contributed by atoms with Crippen molar-refractivity contribution in [2.75, 3.05) is 0 Å². The molecule has 0 aliphatic rings. The number of hydrogen-bond acceptors (Lipinski definition) is 2. The summed E-state index contributed by atoms with van der Waals surface area (Å²) in [6.45, 7) is 9.15. The van der Waals surface area contributed by atoms with Gasteiger partial charge in [0.2, 0.25) is 0 Å². The number of carboxylic acid groups (broad SMARTS) is 1. The van der Waals surface area contributed by atoms with Gasteiger partial charge < -0.3 is 9.67 Å². The van der Waals surface area contributed by atoms with E-state index < -0.39 is 11.4 Å². The number of ketones is 1. The highest BCUT2D eigenvalue weighted by atomic mass is 16.4. The summed E-state index contributed by atoms with van der Waals surface area (Å²) in [6, 6.07) is 1.80. The Bertz CT molecular complexity index is 469. The molecule has 0 bridgehead atoms. The maximum atomic E-state index is 11.6. The van der Waals surface area contributed by atoms with Gasteiger partial charge in [0, 0.05) is 19.2 Å². The van der Waals surface area contributed by atoms with Crippen molar-refractivity contribution in [3.05, 3.63) is 23.0 Å². The van der Waals surface area contributed by atoms with Gasteiger partial charge in [-0.3, -0.25) is 9.59 Å². The van der Waals surface area contributed by atoms with Gasteiger partial charge in [-0.05, 0) is 39.3 Å². The van der Waals surface area contributed by atoms with E-state index in [0.29, 0.717) is 17.9 Å². The molecule has 0 saturated heterocycles. The molecule has 0 amide bonds. The smallest absolute Gasteiger partial charge is 0.315 e. The quantitative estimate of drug-likeness (QED) is 0.818. The second-order valence-electron chi connectivity index (χ2n) is 4.79. The number of carbonyl (C=O) groups is 2. The van der Waals surface area contributed by atoms with E-state index >= 15 is 0 Å². The molecule has 0 saturated carbocycles. The Hall–Kier alpha value is -1.58. The summed E-state index contributed by atoms with van der Waals surface area (Å²) in [5, 5.41) is 9.26. The van der Waals surface area contributed by atoms with Crippen LogP contribution in [0.4, 0.5) is 0 Å². The molecule has 0 radical (unpaired) electrons. The predicted octanol–water partition coefficient (Wildman–Crippen LogP) is 2.38. The van der Waals surface area contributed by atoms with Crippen molar-refractivity contribution < 1.29 is 14.7 Å². The van der Waals surface area contributed by atoms with E-state index in [9.17, 15) is 14.7 Å². The number of Topliss-reactive ketones (excluding diaryl/α,β-unsaturated/α-hetero) is 1. The van der Waals surface area contributed by atoms with Crippen molar-refractivity contribution in [2.45, 2.75) is 46.6 Å². The van der Waals surface area contributed by atoms with Gasteiger partial charge in [-0.15, -0.1) is 0 Å². The predicted molar refractivity (Wildman–Crippen MR) is 65.5 cm³/mol. The molecule has 0 fully saturated rings. The Morgan fingerprint density at radius 2 is 1.94 bits per heavy atom. The van der Waals surface area contributed by atoms with Crippen molar-refractivity contribution in [1.82, 2.24) is 4.57 Å². The number of aryl methyl sites for hydroxylation is 1. The Kier molecular flexibility index (Phi) is 3.45. The molecule has 94 valence electrons. The van der Waals surface area contributed by atoms with Gasteiger partial charge in [-0.1, -0.05) is 0 Å². The zero-order chi connectivity index (χ0) is 13.4. The second-order valence-corrected chi connectivity index (χ2v) is 4.79. The average Bonchev–Trinajstić information content (AvgIpc) is 2.55. The maximum absolute atomic E-state index is 11.6. The fraction of sp³-hybridized carbons (Fsp3) is 0.538. The van der Waals surface area contributed by atoms with Crippen molar-refractivity contribution in [3.8, 4) is 0 Å². The molecule has 0 atom stereocenters. The number of rotatable bonds is 4. The van der Waals surface area contributed by atoms with Crippen LogP contribution in [0.15, 0.2) is 6.07 Å². The maximum Gasteiger partial charge on any atom is 0.315 e. The fourth-order valence-electron chi connectivity index (χ4n) is 2.11. The standard InChI is InChI=1S/C13H19NO3/c1-6-14-10(13(4,5)12(16)17)7-8(2)11(14)9(3)15/h7H,6H2,1-5H3,(H,16,17).